The van der Waals surface area contributed by atoms with E-state index in [0.717, 1.165) is 12.8 Å². The minimum Gasteiger partial charge on any atom is -0.481 e. The van der Waals surface area contributed by atoms with Gasteiger partial charge in [0.2, 0.25) is 0 Å². The van der Waals surface area contributed by atoms with Gasteiger partial charge in [-0.15, -0.1) is 0 Å². The van der Waals surface area contributed by atoms with Gasteiger partial charge in [0.05, 0.1) is 11.5 Å². The molecule has 0 bridgehead atoms. The summed E-state index contributed by atoms with van der Waals surface area (Å²) in [6.07, 6.45) is 6.43. The highest BCUT2D eigenvalue weighted by Crippen LogP contribution is 2.15. The molecule has 1 N–H and O–H groups in total. The Morgan fingerprint density at radius 3 is 2.53 bits per heavy atom. The molecular formula is C12H22O3. The molecule has 0 spiro atoms. The standard InChI is InChI=1S/C12H22O3/c1-10(11(13)14)8-6-5-7-9-12(2,3)15-4/h5-6,10H,7-9H2,1-4H3,(H,13,14). The summed E-state index contributed by atoms with van der Waals surface area (Å²) >= 11 is 0. The lowest BCUT2D eigenvalue weighted by atomic mass is 10.0. The van der Waals surface area contributed by atoms with Crippen LogP contribution < -0.4 is 0 Å². The van der Waals surface area contributed by atoms with Gasteiger partial charge in [-0.3, -0.25) is 4.79 Å². The third-order valence-corrected chi connectivity index (χ3v) is 2.54. The van der Waals surface area contributed by atoms with Gasteiger partial charge < -0.3 is 9.84 Å². The average Bonchev–Trinajstić information content (AvgIpc) is 2.16. The predicted octanol–water partition coefficient (Wildman–Crippen LogP) is 2.86. The van der Waals surface area contributed by atoms with Crippen molar-refractivity contribution in [3.05, 3.63) is 12.2 Å². The Labute approximate surface area is 92.1 Å². The first-order chi connectivity index (χ1) is 6.89. The highest BCUT2D eigenvalue weighted by molar-refractivity contribution is 5.69. The fourth-order valence-corrected chi connectivity index (χ4v) is 1.05. The number of rotatable bonds is 7. The normalized spacial score (nSPS) is 14.4. The molecule has 0 aliphatic rings. The van der Waals surface area contributed by atoms with Crippen LogP contribution in [0.5, 0.6) is 0 Å². The van der Waals surface area contributed by atoms with E-state index in [4.69, 9.17) is 9.84 Å². The van der Waals surface area contributed by atoms with Crippen molar-refractivity contribution < 1.29 is 14.6 Å². The molecule has 0 aliphatic heterocycles. The summed E-state index contributed by atoms with van der Waals surface area (Å²) in [7, 11) is 1.70. The van der Waals surface area contributed by atoms with Crippen LogP contribution >= 0.6 is 0 Å². The molecule has 0 radical (unpaired) electrons. The third-order valence-electron chi connectivity index (χ3n) is 2.54. The quantitative estimate of drug-likeness (QED) is 0.663. The second-order valence-corrected chi connectivity index (χ2v) is 4.45. The van der Waals surface area contributed by atoms with Gasteiger partial charge in [-0.25, -0.2) is 0 Å². The Balaban J connectivity index is 3.69. The number of carbonyl (C=O) groups is 1. The number of aliphatic carboxylic acids is 1. The summed E-state index contributed by atoms with van der Waals surface area (Å²) in [5.41, 5.74) is -0.0945. The highest BCUT2D eigenvalue weighted by atomic mass is 16.5. The van der Waals surface area contributed by atoms with Crippen LogP contribution in [0, 0.1) is 5.92 Å². The van der Waals surface area contributed by atoms with Crippen LogP contribution in [0.3, 0.4) is 0 Å². The van der Waals surface area contributed by atoms with Gasteiger partial charge in [0.1, 0.15) is 0 Å². The van der Waals surface area contributed by atoms with Gasteiger partial charge in [0, 0.05) is 7.11 Å². The number of hydrogen-bond acceptors (Lipinski definition) is 2. The molecule has 0 aromatic heterocycles. The molecule has 3 heteroatoms. The van der Waals surface area contributed by atoms with Gasteiger partial charge >= 0.3 is 5.97 Å². The zero-order valence-corrected chi connectivity index (χ0v) is 10.1. The van der Waals surface area contributed by atoms with Crippen molar-refractivity contribution in [1.29, 1.82) is 0 Å². The molecule has 3 nitrogen and oxygen atoms in total. The molecule has 0 aromatic rings. The summed E-state index contributed by atoms with van der Waals surface area (Å²) in [6.45, 7) is 5.80. The van der Waals surface area contributed by atoms with E-state index >= 15 is 0 Å². The van der Waals surface area contributed by atoms with Gasteiger partial charge in [-0.1, -0.05) is 19.1 Å². The summed E-state index contributed by atoms with van der Waals surface area (Å²) < 4.78 is 5.28. The van der Waals surface area contributed by atoms with E-state index in [2.05, 4.69) is 0 Å². The Morgan fingerprint density at radius 1 is 1.47 bits per heavy atom. The number of hydrogen-bond donors (Lipinski definition) is 1. The summed E-state index contributed by atoms with van der Waals surface area (Å²) in [4.78, 5) is 10.5. The highest BCUT2D eigenvalue weighted by Gasteiger charge is 2.14. The number of carboxylic acids is 1. The van der Waals surface area contributed by atoms with Crippen LogP contribution in [0.25, 0.3) is 0 Å². The maximum absolute atomic E-state index is 10.5. The Hall–Kier alpha value is -0.830. The second kappa shape index (κ2) is 6.62. The van der Waals surface area contributed by atoms with Crippen molar-refractivity contribution in [2.24, 2.45) is 5.92 Å². The summed E-state index contributed by atoms with van der Waals surface area (Å²) in [6, 6.07) is 0. The number of carboxylic acid groups (broad SMARTS) is 1. The Morgan fingerprint density at radius 2 is 2.07 bits per heavy atom. The fourth-order valence-electron chi connectivity index (χ4n) is 1.05. The van der Waals surface area contributed by atoms with Crippen molar-refractivity contribution in [3.63, 3.8) is 0 Å². The van der Waals surface area contributed by atoms with E-state index in [1.165, 1.54) is 0 Å². The van der Waals surface area contributed by atoms with Crippen LogP contribution in [0.2, 0.25) is 0 Å². The molecule has 0 saturated heterocycles. The van der Waals surface area contributed by atoms with E-state index < -0.39 is 5.97 Å². The van der Waals surface area contributed by atoms with Crippen LogP contribution in [-0.2, 0) is 9.53 Å². The summed E-state index contributed by atoms with van der Waals surface area (Å²) in [5.74, 6) is -1.03. The zero-order chi connectivity index (χ0) is 11.9. The van der Waals surface area contributed by atoms with Crippen LogP contribution in [-0.4, -0.2) is 23.8 Å². The molecule has 1 unspecified atom stereocenters. The first-order valence-corrected chi connectivity index (χ1v) is 5.32. The Kier molecular flexibility index (Phi) is 6.25. The lowest BCUT2D eigenvalue weighted by Gasteiger charge is -2.21. The van der Waals surface area contributed by atoms with Crippen molar-refractivity contribution in [2.45, 2.75) is 45.6 Å². The molecular weight excluding hydrogens is 192 g/mol. The molecule has 0 aliphatic carbocycles. The van der Waals surface area contributed by atoms with Crippen molar-refractivity contribution >= 4 is 5.97 Å². The van der Waals surface area contributed by atoms with Crippen LogP contribution in [0.1, 0.15) is 40.0 Å². The lowest BCUT2D eigenvalue weighted by Crippen LogP contribution is -2.21. The molecule has 0 rings (SSSR count). The van der Waals surface area contributed by atoms with E-state index in [1.54, 1.807) is 14.0 Å². The zero-order valence-electron chi connectivity index (χ0n) is 10.1. The molecule has 1 atom stereocenters. The van der Waals surface area contributed by atoms with Gasteiger partial charge in [0.15, 0.2) is 0 Å². The molecule has 88 valence electrons. The number of methoxy groups -OCH3 is 1. The lowest BCUT2D eigenvalue weighted by molar-refractivity contribution is -0.140. The SMILES string of the molecule is COC(C)(C)CCC=CCC(C)C(=O)O. The third kappa shape index (κ3) is 7.14. The maximum Gasteiger partial charge on any atom is 0.306 e. The monoisotopic (exact) mass is 214 g/mol. The molecule has 0 fully saturated rings. The van der Waals surface area contributed by atoms with Crippen molar-refractivity contribution in [1.82, 2.24) is 0 Å². The minimum atomic E-state index is -0.739. The van der Waals surface area contributed by atoms with Crippen molar-refractivity contribution in [3.8, 4) is 0 Å². The average molecular weight is 214 g/mol. The first kappa shape index (κ1) is 14.2. The first-order valence-electron chi connectivity index (χ1n) is 5.32. The number of allylic oxidation sites excluding steroid dienone is 2. The fraction of sp³-hybridized carbons (Fsp3) is 0.750. The maximum atomic E-state index is 10.5. The predicted molar refractivity (Wildman–Crippen MR) is 60.9 cm³/mol. The van der Waals surface area contributed by atoms with Crippen LogP contribution in [0.4, 0.5) is 0 Å². The minimum absolute atomic E-state index is 0.0945. The smallest absolute Gasteiger partial charge is 0.306 e. The van der Waals surface area contributed by atoms with E-state index in [1.807, 2.05) is 26.0 Å². The van der Waals surface area contributed by atoms with Crippen molar-refractivity contribution in [2.75, 3.05) is 7.11 Å². The van der Waals surface area contributed by atoms with E-state index in [9.17, 15) is 4.79 Å². The molecule has 0 heterocycles. The van der Waals surface area contributed by atoms with E-state index in [0.29, 0.717) is 6.42 Å². The molecule has 0 saturated carbocycles. The van der Waals surface area contributed by atoms with Gasteiger partial charge in [-0.2, -0.15) is 0 Å². The van der Waals surface area contributed by atoms with Gasteiger partial charge in [-0.05, 0) is 33.1 Å². The van der Waals surface area contributed by atoms with Gasteiger partial charge in [0.25, 0.3) is 0 Å². The Bertz CT molecular complexity index is 219. The topological polar surface area (TPSA) is 46.5 Å². The molecule has 0 amide bonds. The summed E-state index contributed by atoms with van der Waals surface area (Å²) in [5, 5.41) is 8.65. The molecule has 15 heavy (non-hydrogen) atoms. The largest absolute Gasteiger partial charge is 0.481 e. The van der Waals surface area contributed by atoms with E-state index in [-0.39, 0.29) is 11.5 Å². The number of ether oxygens (including phenoxy) is 1. The second-order valence-electron chi connectivity index (χ2n) is 4.45. The molecule has 0 aromatic carbocycles. The van der Waals surface area contributed by atoms with Crippen LogP contribution in [0.15, 0.2) is 12.2 Å².